The van der Waals surface area contributed by atoms with Gasteiger partial charge in [-0.25, -0.2) is 0 Å². The van der Waals surface area contributed by atoms with E-state index in [0.717, 1.165) is 0 Å². The zero-order valence-corrected chi connectivity index (χ0v) is 14.9. The van der Waals surface area contributed by atoms with E-state index in [1.165, 1.54) is 11.8 Å². The van der Waals surface area contributed by atoms with Crippen molar-refractivity contribution in [1.29, 1.82) is 0 Å². The van der Waals surface area contributed by atoms with E-state index in [1.807, 2.05) is 0 Å². The third-order valence-corrected chi connectivity index (χ3v) is 4.06. The summed E-state index contributed by atoms with van der Waals surface area (Å²) in [6.07, 6.45) is 0. The lowest BCUT2D eigenvalue weighted by molar-refractivity contribution is -0.120. The number of methoxy groups -OCH3 is 1. The van der Waals surface area contributed by atoms with Gasteiger partial charge in [0.15, 0.2) is 6.61 Å². The van der Waals surface area contributed by atoms with Gasteiger partial charge in [-0.1, -0.05) is 23.4 Å². The molecule has 1 N–H and O–H groups in total. The molecule has 0 saturated carbocycles. The minimum atomic E-state index is -0.354. The van der Waals surface area contributed by atoms with Crippen LogP contribution < -0.4 is 10.1 Å². The SMILES string of the molecule is COCCNC(=O)[C@@H](C)Sc1nnc(COc2ccc(Cl)cc2)o1. The fraction of sp³-hybridized carbons (Fsp3) is 0.400. The Balaban J connectivity index is 1.79. The first-order valence-electron chi connectivity index (χ1n) is 7.22. The minimum Gasteiger partial charge on any atom is -0.484 e. The molecule has 2 rings (SSSR count). The van der Waals surface area contributed by atoms with Crippen LogP contribution in [0.3, 0.4) is 0 Å². The van der Waals surface area contributed by atoms with Crippen LogP contribution in [-0.2, 0) is 16.1 Å². The Labute approximate surface area is 149 Å². The van der Waals surface area contributed by atoms with Gasteiger partial charge < -0.3 is 19.2 Å². The molecule has 2 aromatic rings. The van der Waals surface area contributed by atoms with Crippen molar-refractivity contribution < 1.29 is 18.7 Å². The lowest BCUT2D eigenvalue weighted by atomic mass is 10.3. The predicted molar refractivity (Wildman–Crippen MR) is 90.3 cm³/mol. The Hall–Kier alpha value is -1.77. The van der Waals surface area contributed by atoms with Crippen LogP contribution in [-0.4, -0.2) is 41.6 Å². The number of ether oxygens (including phenoxy) is 2. The molecule has 0 radical (unpaired) electrons. The van der Waals surface area contributed by atoms with E-state index in [0.29, 0.717) is 35.0 Å². The molecule has 24 heavy (non-hydrogen) atoms. The lowest BCUT2D eigenvalue weighted by Crippen LogP contribution is -2.33. The molecular weight excluding hydrogens is 354 g/mol. The minimum absolute atomic E-state index is 0.116. The highest BCUT2D eigenvalue weighted by molar-refractivity contribution is 8.00. The van der Waals surface area contributed by atoms with Crippen LogP contribution in [0.5, 0.6) is 5.75 Å². The molecule has 1 aromatic carbocycles. The van der Waals surface area contributed by atoms with Crippen LogP contribution in [0.1, 0.15) is 12.8 Å². The number of nitrogens with one attached hydrogen (secondary N) is 1. The Bertz CT molecular complexity index is 650. The van der Waals surface area contributed by atoms with Crippen molar-refractivity contribution in [3.8, 4) is 5.75 Å². The second-order valence-corrected chi connectivity index (χ2v) is 6.48. The molecule has 0 aliphatic heterocycles. The van der Waals surface area contributed by atoms with Gasteiger partial charge in [0, 0.05) is 18.7 Å². The van der Waals surface area contributed by atoms with Crippen molar-refractivity contribution in [2.24, 2.45) is 0 Å². The molecule has 0 aliphatic carbocycles. The van der Waals surface area contributed by atoms with Gasteiger partial charge in [-0.3, -0.25) is 4.79 Å². The molecule has 9 heteroatoms. The van der Waals surface area contributed by atoms with E-state index in [-0.39, 0.29) is 17.8 Å². The Morgan fingerprint density at radius 3 is 2.83 bits per heavy atom. The molecule has 1 amide bonds. The molecular formula is C15H18ClN3O4S. The summed E-state index contributed by atoms with van der Waals surface area (Å²) in [6.45, 7) is 2.84. The average molecular weight is 372 g/mol. The van der Waals surface area contributed by atoms with E-state index in [1.54, 1.807) is 38.3 Å². The molecule has 1 aromatic heterocycles. The van der Waals surface area contributed by atoms with Gasteiger partial charge in [0.2, 0.25) is 5.91 Å². The first-order chi connectivity index (χ1) is 11.6. The zero-order chi connectivity index (χ0) is 17.4. The number of carbonyl (C=O) groups excluding carboxylic acids is 1. The quantitative estimate of drug-likeness (QED) is 0.535. The number of thioether (sulfide) groups is 1. The van der Waals surface area contributed by atoms with Gasteiger partial charge in [0.25, 0.3) is 11.1 Å². The van der Waals surface area contributed by atoms with Gasteiger partial charge >= 0.3 is 0 Å². The molecule has 7 nitrogen and oxygen atoms in total. The second kappa shape index (κ2) is 9.51. The van der Waals surface area contributed by atoms with Crippen molar-refractivity contribution in [2.75, 3.05) is 20.3 Å². The van der Waals surface area contributed by atoms with Gasteiger partial charge in [0.1, 0.15) is 5.75 Å². The number of hydrogen-bond donors (Lipinski definition) is 1. The first-order valence-corrected chi connectivity index (χ1v) is 8.48. The van der Waals surface area contributed by atoms with Gasteiger partial charge in [-0.2, -0.15) is 0 Å². The molecule has 0 fully saturated rings. The fourth-order valence-electron chi connectivity index (χ4n) is 1.64. The predicted octanol–water partition coefficient (Wildman–Crippen LogP) is 2.55. The van der Waals surface area contributed by atoms with Crippen molar-refractivity contribution in [3.05, 3.63) is 35.2 Å². The molecule has 0 saturated heterocycles. The molecule has 1 atom stereocenters. The summed E-state index contributed by atoms with van der Waals surface area (Å²) in [5, 5.41) is 11.1. The van der Waals surface area contributed by atoms with Crippen LogP contribution in [0.4, 0.5) is 0 Å². The maximum Gasteiger partial charge on any atom is 0.277 e. The largest absolute Gasteiger partial charge is 0.484 e. The van der Waals surface area contributed by atoms with E-state index in [4.69, 9.17) is 25.5 Å². The lowest BCUT2D eigenvalue weighted by Gasteiger charge is -2.09. The summed E-state index contributed by atoms with van der Waals surface area (Å²) in [4.78, 5) is 11.9. The normalized spacial score (nSPS) is 12.0. The topological polar surface area (TPSA) is 86.5 Å². The second-order valence-electron chi connectivity index (χ2n) is 4.75. The fourth-order valence-corrected chi connectivity index (χ4v) is 2.50. The summed E-state index contributed by atoms with van der Waals surface area (Å²) in [5.74, 6) is 0.867. The molecule has 1 heterocycles. The summed E-state index contributed by atoms with van der Waals surface area (Å²) in [5.41, 5.74) is 0. The number of carbonyl (C=O) groups is 1. The van der Waals surface area contributed by atoms with Crippen LogP contribution in [0.2, 0.25) is 5.02 Å². The van der Waals surface area contributed by atoms with Crippen LogP contribution >= 0.6 is 23.4 Å². The van der Waals surface area contributed by atoms with E-state index in [2.05, 4.69) is 15.5 Å². The van der Waals surface area contributed by atoms with Crippen molar-refractivity contribution in [1.82, 2.24) is 15.5 Å². The van der Waals surface area contributed by atoms with Crippen LogP contribution in [0.25, 0.3) is 0 Å². The third kappa shape index (κ3) is 6.03. The highest BCUT2D eigenvalue weighted by Gasteiger charge is 2.18. The zero-order valence-electron chi connectivity index (χ0n) is 13.3. The number of hydrogen-bond acceptors (Lipinski definition) is 7. The van der Waals surface area contributed by atoms with Crippen LogP contribution in [0, 0.1) is 0 Å². The van der Waals surface area contributed by atoms with E-state index in [9.17, 15) is 4.79 Å². The number of halogens is 1. The maximum absolute atomic E-state index is 11.9. The van der Waals surface area contributed by atoms with Gasteiger partial charge in [-0.05, 0) is 31.2 Å². The summed E-state index contributed by atoms with van der Waals surface area (Å²) < 4.78 is 15.9. The number of nitrogens with zero attached hydrogens (tertiary/aromatic N) is 2. The average Bonchev–Trinajstić information content (AvgIpc) is 3.02. The standard InChI is InChI=1S/C15H18ClN3O4S/c1-10(14(20)17-7-8-21-2)24-15-19-18-13(23-15)9-22-12-5-3-11(16)4-6-12/h3-6,10H,7-9H2,1-2H3,(H,17,20)/t10-/m1/s1. The molecule has 0 unspecified atom stereocenters. The monoisotopic (exact) mass is 371 g/mol. The first kappa shape index (κ1) is 18.6. The van der Waals surface area contributed by atoms with E-state index < -0.39 is 0 Å². The Morgan fingerprint density at radius 1 is 1.38 bits per heavy atom. The number of benzene rings is 1. The molecule has 0 aliphatic rings. The number of aromatic nitrogens is 2. The van der Waals surface area contributed by atoms with E-state index >= 15 is 0 Å². The van der Waals surface area contributed by atoms with Gasteiger partial charge in [0.05, 0.1) is 11.9 Å². The maximum atomic E-state index is 11.9. The van der Waals surface area contributed by atoms with Crippen molar-refractivity contribution in [3.63, 3.8) is 0 Å². The molecule has 130 valence electrons. The summed E-state index contributed by atoms with van der Waals surface area (Å²) in [6, 6.07) is 6.97. The number of rotatable bonds is 9. The Morgan fingerprint density at radius 2 is 2.12 bits per heavy atom. The summed E-state index contributed by atoms with van der Waals surface area (Å²) >= 11 is 7.00. The Kier molecular flexibility index (Phi) is 7.36. The number of amides is 1. The summed E-state index contributed by atoms with van der Waals surface area (Å²) in [7, 11) is 1.58. The highest BCUT2D eigenvalue weighted by atomic mass is 35.5. The third-order valence-electron chi connectivity index (χ3n) is 2.88. The van der Waals surface area contributed by atoms with Crippen molar-refractivity contribution >= 4 is 29.3 Å². The highest BCUT2D eigenvalue weighted by Crippen LogP contribution is 2.22. The molecule has 0 spiro atoms. The van der Waals surface area contributed by atoms with Crippen molar-refractivity contribution in [2.45, 2.75) is 24.0 Å². The van der Waals surface area contributed by atoms with Gasteiger partial charge in [-0.15, -0.1) is 10.2 Å². The smallest absolute Gasteiger partial charge is 0.277 e. The molecule has 0 bridgehead atoms. The van der Waals surface area contributed by atoms with Crippen LogP contribution in [0.15, 0.2) is 33.9 Å².